The van der Waals surface area contributed by atoms with Crippen LogP contribution in [0.4, 0.5) is 6.01 Å². The van der Waals surface area contributed by atoms with Crippen LogP contribution in [0, 0.1) is 0 Å². The summed E-state index contributed by atoms with van der Waals surface area (Å²) < 4.78 is 35.0. The summed E-state index contributed by atoms with van der Waals surface area (Å²) in [4.78, 5) is 13.3. The number of hydrogen-bond acceptors (Lipinski definition) is 8. The van der Waals surface area contributed by atoms with Gasteiger partial charge in [-0.05, 0) is 55.8 Å². The zero-order chi connectivity index (χ0) is 22.4. The van der Waals surface area contributed by atoms with Gasteiger partial charge in [0.2, 0.25) is 11.8 Å². The quantitative estimate of drug-likeness (QED) is 0.481. The van der Waals surface area contributed by atoms with Gasteiger partial charge in [0.25, 0.3) is 0 Å². The van der Waals surface area contributed by atoms with Crippen LogP contribution in [0.2, 0.25) is 0 Å². The van der Waals surface area contributed by atoms with Crippen molar-refractivity contribution in [2.24, 2.45) is 0 Å². The van der Waals surface area contributed by atoms with Gasteiger partial charge in [0.1, 0.15) is 5.75 Å². The fourth-order valence-electron chi connectivity index (χ4n) is 2.60. The molecular formula is C21H23N3O5S2. The number of nitrogens with zero attached hydrogens (tertiary/aromatic N) is 2. The Balaban J connectivity index is 1.53. The lowest BCUT2D eigenvalue weighted by Crippen LogP contribution is -2.14. The van der Waals surface area contributed by atoms with Gasteiger partial charge in [-0.3, -0.25) is 10.1 Å². The smallest absolute Gasteiger partial charge is 0.322 e. The number of nitrogens with one attached hydrogen (secondary N) is 1. The number of sulfone groups is 1. The number of carbonyl (C=O) groups is 1. The van der Waals surface area contributed by atoms with Crippen LogP contribution in [-0.4, -0.2) is 42.6 Å². The molecule has 1 amide bonds. The second-order valence-electron chi connectivity index (χ2n) is 6.93. The number of amides is 1. The first-order valence-electron chi connectivity index (χ1n) is 9.50. The van der Waals surface area contributed by atoms with Crippen molar-refractivity contribution in [1.29, 1.82) is 0 Å². The van der Waals surface area contributed by atoms with Crippen molar-refractivity contribution in [2.45, 2.75) is 35.3 Å². The van der Waals surface area contributed by atoms with Crippen molar-refractivity contribution in [2.75, 3.05) is 18.2 Å². The first-order chi connectivity index (χ1) is 14.8. The third-order valence-electron chi connectivity index (χ3n) is 4.37. The minimum Gasteiger partial charge on any atom is -0.497 e. The highest BCUT2D eigenvalue weighted by Gasteiger charge is 2.19. The van der Waals surface area contributed by atoms with Crippen molar-refractivity contribution >= 4 is 33.5 Å². The molecule has 2 aromatic carbocycles. The average molecular weight is 462 g/mol. The zero-order valence-corrected chi connectivity index (χ0v) is 19.0. The second kappa shape index (κ2) is 9.97. The largest absolute Gasteiger partial charge is 0.497 e. The fourth-order valence-corrected chi connectivity index (χ4v) is 4.35. The van der Waals surface area contributed by atoms with E-state index in [2.05, 4.69) is 15.5 Å². The Bertz CT molecular complexity index is 1120. The number of methoxy groups -OCH3 is 1. The van der Waals surface area contributed by atoms with E-state index >= 15 is 0 Å². The first kappa shape index (κ1) is 22.8. The maximum absolute atomic E-state index is 12.2. The molecule has 0 bridgehead atoms. The van der Waals surface area contributed by atoms with Crippen LogP contribution in [0.5, 0.6) is 5.75 Å². The number of thioether (sulfide) groups is 1. The second-order valence-corrected chi connectivity index (χ2v) is 10.5. The number of hydrogen-bond donors (Lipinski definition) is 1. The summed E-state index contributed by atoms with van der Waals surface area (Å²) in [6.45, 7) is 3.29. The van der Waals surface area contributed by atoms with Crippen molar-refractivity contribution in [3.63, 3.8) is 0 Å². The van der Waals surface area contributed by atoms with Crippen molar-refractivity contribution < 1.29 is 22.4 Å². The van der Waals surface area contributed by atoms with Crippen LogP contribution in [0.15, 0.2) is 62.7 Å². The number of aromatic nitrogens is 2. The highest BCUT2D eigenvalue weighted by atomic mass is 32.2. The molecule has 0 radical (unpaired) electrons. The Morgan fingerprint density at radius 2 is 1.77 bits per heavy atom. The van der Waals surface area contributed by atoms with Gasteiger partial charge in [-0.25, -0.2) is 8.42 Å². The monoisotopic (exact) mass is 461 g/mol. The molecule has 0 unspecified atom stereocenters. The molecule has 0 fully saturated rings. The maximum atomic E-state index is 12.2. The molecule has 164 valence electrons. The lowest BCUT2D eigenvalue weighted by Gasteiger charge is -2.08. The molecule has 31 heavy (non-hydrogen) atoms. The molecule has 1 aromatic heterocycles. The summed E-state index contributed by atoms with van der Waals surface area (Å²) in [6.07, 6.45) is 0.325. The van der Waals surface area contributed by atoms with Gasteiger partial charge in [0, 0.05) is 4.90 Å². The Kier molecular flexibility index (Phi) is 7.34. The van der Waals surface area contributed by atoms with Gasteiger partial charge in [-0.2, -0.15) is 0 Å². The highest BCUT2D eigenvalue weighted by Crippen LogP contribution is 2.22. The van der Waals surface area contributed by atoms with E-state index in [0.29, 0.717) is 12.3 Å². The van der Waals surface area contributed by atoms with Crippen molar-refractivity contribution in [3.05, 3.63) is 60.0 Å². The number of benzene rings is 2. The van der Waals surface area contributed by atoms with Gasteiger partial charge in [-0.1, -0.05) is 17.2 Å². The van der Waals surface area contributed by atoms with E-state index in [9.17, 15) is 13.2 Å². The van der Waals surface area contributed by atoms with Crippen LogP contribution >= 0.6 is 11.8 Å². The molecule has 0 aliphatic carbocycles. The molecule has 10 heteroatoms. The summed E-state index contributed by atoms with van der Waals surface area (Å²) in [5.41, 5.74) is 0.819. The molecule has 0 saturated heterocycles. The van der Waals surface area contributed by atoms with E-state index < -0.39 is 15.1 Å². The Labute approximate surface area is 185 Å². The first-order valence-corrected chi connectivity index (χ1v) is 12.0. The van der Waals surface area contributed by atoms with E-state index in [1.807, 2.05) is 24.3 Å². The molecule has 0 aliphatic rings. The molecular weight excluding hydrogens is 438 g/mol. The predicted octanol–water partition coefficient (Wildman–Crippen LogP) is 3.58. The fraction of sp³-hybridized carbons (Fsp3) is 0.286. The van der Waals surface area contributed by atoms with Crippen LogP contribution in [-0.2, 0) is 21.1 Å². The number of carbonyl (C=O) groups excluding carboxylic acids is 1. The molecule has 8 nitrogen and oxygen atoms in total. The van der Waals surface area contributed by atoms with Gasteiger partial charge < -0.3 is 9.15 Å². The van der Waals surface area contributed by atoms with E-state index in [1.165, 1.54) is 11.8 Å². The normalized spacial score (nSPS) is 11.5. The predicted molar refractivity (Wildman–Crippen MR) is 118 cm³/mol. The highest BCUT2D eigenvalue weighted by molar-refractivity contribution is 8.00. The Morgan fingerprint density at radius 3 is 2.39 bits per heavy atom. The summed E-state index contributed by atoms with van der Waals surface area (Å²) in [7, 11) is -1.71. The minimum absolute atomic E-state index is 0.0225. The lowest BCUT2D eigenvalue weighted by molar-refractivity contribution is -0.113. The van der Waals surface area contributed by atoms with E-state index in [1.54, 1.807) is 45.2 Å². The summed E-state index contributed by atoms with van der Waals surface area (Å²) >= 11 is 1.38. The SMILES string of the molecule is COc1ccc(SCC(=O)Nc2nnc(Cc3ccc(S(=O)(=O)C(C)C)cc3)o2)cc1. The molecule has 1 N–H and O–H groups in total. The van der Waals surface area contributed by atoms with Crippen LogP contribution in [0.3, 0.4) is 0 Å². The number of anilines is 1. The summed E-state index contributed by atoms with van der Waals surface area (Å²) in [5, 5.41) is 9.87. The minimum atomic E-state index is -3.31. The Hall–Kier alpha value is -2.85. The Morgan fingerprint density at radius 1 is 1.10 bits per heavy atom. The number of rotatable bonds is 9. The van der Waals surface area contributed by atoms with Gasteiger partial charge in [0.05, 0.1) is 29.4 Å². The molecule has 0 atom stereocenters. The lowest BCUT2D eigenvalue weighted by atomic mass is 10.1. The standard InChI is InChI=1S/C21H23N3O5S2/c1-14(2)31(26,27)18-10-4-15(5-11-18)12-20-23-24-21(29-20)22-19(25)13-30-17-8-6-16(28-3)7-9-17/h4-11,14H,12-13H2,1-3H3,(H,22,24,25). The molecule has 0 spiro atoms. The molecule has 3 aromatic rings. The van der Waals surface area contributed by atoms with Crippen LogP contribution < -0.4 is 10.1 Å². The molecule has 1 heterocycles. The van der Waals surface area contributed by atoms with Crippen LogP contribution in [0.25, 0.3) is 0 Å². The van der Waals surface area contributed by atoms with Gasteiger partial charge in [-0.15, -0.1) is 16.9 Å². The molecule has 3 rings (SSSR count). The third-order valence-corrected chi connectivity index (χ3v) is 7.55. The number of ether oxygens (including phenoxy) is 1. The zero-order valence-electron chi connectivity index (χ0n) is 17.4. The molecule has 0 saturated carbocycles. The van der Waals surface area contributed by atoms with Crippen molar-refractivity contribution in [1.82, 2.24) is 10.2 Å². The summed E-state index contributed by atoms with van der Waals surface area (Å²) in [5.74, 6) is 0.996. The summed E-state index contributed by atoms with van der Waals surface area (Å²) in [6, 6.07) is 14.0. The van der Waals surface area contributed by atoms with Gasteiger partial charge in [0.15, 0.2) is 9.84 Å². The van der Waals surface area contributed by atoms with E-state index in [0.717, 1.165) is 16.2 Å². The van der Waals surface area contributed by atoms with E-state index in [-0.39, 0.29) is 22.6 Å². The topological polar surface area (TPSA) is 111 Å². The maximum Gasteiger partial charge on any atom is 0.322 e. The van der Waals surface area contributed by atoms with Crippen LogP contribution in [0.1, 0.15) is 25.3 Å². The van der Waals surface area contributed by atoms with E-state index in [4.69, 9.17) is 9.15 Å². The van der Waals surface area contributed by atoms with Gasteiger partial charge >= 0.3 is 6.01 Å². The third kappa shape index (κ3) is 6.08. The van der Waals surface area contributed by atoms with Crippen molar-refractivity contribution in [3.8, 4) is 5.75 Å². The molecule has 0 aliphatic heterocycles. The average Bonchev–Trinajstić information content (AvgIpc) is 3.19.